The summed E-state index contributed by atoms with van der Waals surface area (Å²) < 4.78 is 8.95. The third-order valence-electron chi connectivity index (χ3n) is 20.8. The number of halogens is 2. The van der Waals surface area contributed by atoms with E-state index in [1.165, 1.54) is 19.3 Å². The van der Waals surface area contributed by atoms with E-state index in [0.29, 0.717) is 75.9 Å². The highest BCUT2D eigenvalue weighted by Crippen LogP contribution is 2.38. The first-order valence-corrected chi connectivity index (χ1v) is 36.7. The minimum atomic E-state index is -0.103. The van der Waals surface area contributed by atoms with Gasteiger partial charge in [-0.2, -0.15) is 15.3 Å². The molecule has 528 valence electrons. The molecule has 102 heavy (non-hydrogen) atoms. The van der Waals surface area contributed by atoms with Crippen LogP contribution in [0, 0.1) is 38.5 Å². The highest BCUT2D eigenvalue weighted by Gasteiger charge is 2.36. The van der Waals surface area contributed by atoms with Gasteiger partial charge in [0.05, 0.1) is 45.8 Å². The lowest BCUT2D eigenvalue weighted by Crippen LogP contribution is -2.39. The van der Waals surface area contributed by atoms with E-state index in [2.05, 4.69) is 105 Å². The fourth-order valence-corrected chi connectivity index (χ4v) is 16.0. The Morgan fingerprint density at radius 2 is 0.873 bits per heavy atom. The molecule has 6 atom stereocenters. The Hall–Kier alpha value is -9.95. The molecular weight excluding hydrogens is 1330 g/mol. The van der Waals surface area contributed by atoms with E-state index in [-0.39, 0.29) is 35.8 Å². The fourth-order valence-electron chi connectivity index (χ4n) is 15.5. The summed E-state index contributed by atoms with van der Waals surface area (Å²) >= 11 is 12.4. The number of carbonyl (C=O) groups is 3. The third kappa shape index (κ3) is 14.1. The van der Waals surface area contributed by atoms with Crippen LogP contribution >= 0.6 is 23.2 Å². The standard InChI is InChI=1S/2C25H29N9O.C24H27Cl2N5O/c1-17-9-11-31(13-17)24-18(2)14-34-23(29-24)12-20(30-34)21-7-3-4-10-33(21)25(35)19-6-5-8-22(28-19)32-15-26-27-16-32;1-17-7-10-31(13-17)24-18(2)14-34-23(29-24)12-20(30-34)21-5-3-4-9-33(21)25(35)19-6-8-26-22(11-19)32-15-27-28-16-32;1-15-8-10-29(13-15)23-16(2)14-31-22(27-23)12-20(28-31)21-5-3-4-9-30(21)24(32)18-7-6-17(25)11-19(18)26/h5-6,8,12,14-17,21H,3-4,7,9-11,13H2,1-2H3;6,8,11-12,14-17,21H,3-5,7,9-10,13H2,1-2H3;6-7,11-12,14-15,21H,3-5,8-10,13H2,1-2H3/t2*17-,21-;15-,21-/m000/s1. The van der Waals surface area contributed by atoms with Crippen LogP contribution in [-0.4, -0.2) is 175 Å². The first-order valence-electron chi connectivity index (χ1n) is 35.9. The molecule has 1 aromatic carbocycles. The van der Waals surface area contributed by atoms with Gasteiger partial charge >= 0.3 is 0 Å². The molecule has 0 aliphatic carbocycles. The Morgan fingerprint density at radius 3 is 1.30 bits per heavy atom. The fraction of sp³-hybridized carbons (Fsp3) is 0.446. The van der Waals surface area contributed by atoms with Crippen LogP contribution in [-0.2, 0) is 0 Å². The second-order valence-corrected chi connectivity index (χ2v) is 29.4. The Bertz CT molecular complexity index is 4650. The number of carbonyl (C=O) groups excluding carboxylic acids is 3. The molecule has 11 aromatic rings. The van der Waals surface area contributed by atoms with Crippen LogP contribution in [0.25, 0.3) is 28.6 Å². The molecule has 0 spiro atoms. The second kappa shape index (κ2) is 29.2. The largest absolute Gasteiger partial charge is 0.356 e. The summed E-state index contributed by atoms with van der Waals surface area (Å²) in [5, 5.41) is 30.8. The smallest absolute Gasteiger partial charge is 0.273 e. The van der Waals surface area contributed by atoms with Crippen LogP contribution in [0.4, 0.5) is 17.5 Å². The van der Waals surface area contributed by atoms with Gasteiger partial charge in [-0.1, -0.05) is 50.0 Å². The van der Waals surface area contributed by atoms with Crippen LogP contribution < -0.4 is 14.7 Å². The number of fused-ring (bicyclic) bond motifs is 3. The number of aryl methyl sites for hydroxylation is 3. The van der Waals surface area contributed by atoms with E-state index in [1.807, 2.05) is 58.6 Å². The molecule has 26 nitrogen and oxygen atoms in total. The number of hydrogen-bond donors (Lipinski definition) is 0. The van der Waals surface area contributed by atoms with Crippen molar-refractivity contribution in [2.75, 3.05) is 73.6 Å². The van der Waals surface area contributed by atoms with Crippen molar-refractivity contribution in [3.8, 4) is 11.6 Å². The maximum Gasteiger partial charge on any atom is 0.273 e. The summed E-state index contributed by atoms with van der Waals surface area (Å²) in [6.07, 6.45) is 26.4. The van der Waals surface area contributed by atoms with Crippen molar-refractivity contribution in [3.05, 3.63) is 177 Å². The highest BCUT2D eigenvalue weighted by molar-refractivity contribution is 6.36. The van der Waals surface area contributed by atoms with Gasteiger partial charge in [-0.25, -0.2) is 38.5 Å². The summed E-state index contributed by atoms with van der Waals surface area (Å²) in [5.74, 6) is 6.24. The number of piperidine rings is 3. The maximum atomic E-state index is 13.6. The van der Waals surface area contributed by atoms with Crippen molar-refractivity contribution in [3.63, 3.8) is 0 Å². The molecule has 6 aliphatic rings. The van der Waals surface area contributed by atoms with Crippen molar-refractivity contribution >= 4 is 75.3 Å². The summed E-state index contributed by atoms with van der Waals surface area (Å²) in [4.78, 5) is 77.3. The Morgan fingerprint density at radius 1 is 0.441 bits per heavy atom. The molecule has 0 N–H and O–H groups in total. The van der Waals surface area contributed by atoms with Gasteiger partial charge in [0.2, 0.25) is 0 Å². The Kier molecular flexibility index (Phi) is 19.4. The molecular formula is C74H85Cl2N23O3. The van der Waals surface area contributed by atoms with Gasteiger partial charge in [0, 0.05) is 129 Å². The van der Waals surface area contributed by atoms with Crippen LogP contribution in [0.2, 0.25) is 10.0 Å². The molecule has 10 aromatic heterocycles. The Balaban J connectivity index is 0.000000124. The highest BCUT2D eigenvalue weighted by atomic mass is 35.5. The number of aromatic nitrogens is 17. The summed E-state index contributed by atoms with van der Waals surface area (Å²) in [6, 6.07) is 19.9. The van der Waals surface area contributed by atoms with Gasteiger partial charge < -0.3 is 29.4 Å². The minimum Gasteiger partial charge on any atom is -0.356 e. The van der Waals surface area contributed by atoms with Gasteiger partial charge in [-0.15, -0.1) is 20.4 Å². The SMILES string of the molecule is Cc1cn2nc([C@@H]3CCCCN3C(=O)c3ccc(Cl)cc3Cl)cc2nc1N1CC[C@H](C)C1.Cc1cn2nc([C@@H]3CCCCN3C(=O)c3cccc(-n4cnnc4)n3)cc2nc1N1CC[C@H](C)C1.Cc1cn2nc([C@@H]3CCCCN3C(=O)c3ccnc(-n4cnnc4)c3)cc2nc1N1CC[C@H](C)C1. The number of pyridine rings is 2. The number of likely N-dealkylation sites (tertiary alicyclic amines) is 3. The topological polar surface area (TPSA) is 248 Å². The predicted molar refractivity (Wildman–Crippen MR) is 389 cm³/mol. The molecule has 0 bridgehead atoms. The maximum absolute atomic E-state index is 13.6. The molecule has 6 saturated heterocycles. The summed E-state index contributed by atoms with van der Waals surface area (Å²) in [7, 11) is 0. The van der Waals surface area contributed by atoms with Crippen LogP contribution in [0.5, 0.6) is 0 Å². The number of anilines is 3. The van der Waals surface area contributed by atoms with E-state index < -0.39 is 0 Å². The normalized spacial score (nSPS) is 20.9. The monoisotopic (exact) mass is 1410 g/mol. The third-order valence-corrected chi connectivity index (χ3v) is 21.4. The molecule has 0 radical (unpaired) electrons. The molecule has 0 unspecified atom stereocenters. The van der Waals surface area contributed by atoms with Gasteiger partial charge in [0.25, 0.3) is 17.7 Å². The first kappa shape index (κ1) is 67.9. The van der Waals surface area contributed by atoms with Gasteiger partial charge in [0.1, 0.15) is 60.1 Å². The number of nitrogens with zero attached hydrogens (tertiary/aromatic N) is 23. The summed E-state index contributed by atoms with van der Waals surface area (Å²) in [5.41, 5.74) is 9.97. The van der Waals surface area contributed by atoms with Gasteiger partial charge in [-0.05, 0) is 158 Å². The second-order valence-electron chi connectivity index (χ2n) is 28.6. The van der Waals surface area contributed by atoms with E-state index in [4.69, 9.17) is 53.4 Å². The average molecular weight is 1420 g/mol. The van der Waals surface area contributed by atoms with E-state index in [0.717, 1.165) is 165 Å². The lowest BCUT2D eigenvalue weighted by molar-refractivity contribution is 0.0594. The minimum absolute atomic E-state index is 0.0145. The zero-order chi connectivity index (χ0) is 70.3. The van der Waals surface area contributed by atoms with E-state index >= 15 is 0 Å². The first-order chi connectivity index (χ1) is 49.5. The number of benzene rings is 1. The van der Waals surface area contributed by atoms with Crippen LogP contribution in [0.1, 0.15) is 181 Å². The molecule has 6 fully saturated rings. The van der Waals surface area contributed by atoms with Crippen molar-refractivity contribution < 1.29 is 14.4 Å². The average Bonchev–Trinajstić information content (AvgIpc) is 1.61. The van der Waals surface area contributed by atoms with Crippen molar-refractivity contribution in [2.24, 2.45) is 17.8 Å². The van der Waals surface area contributed by atoms with E-state index in [1.54, 1.807) is 77.0 Å². The van der Waals surface area contributed by atoms with Crippen molar-refractivity contribution in [1.29, 1.82) is 0 Å². The predicted octanol–water partition coefficient (Wildman–Crippen LogP) is 12.0. The number of amides is 3. The zero-order valence-electron chi connectivity index (χ0n) is 58.5. The van der Waals surface area contributed by atoms with E-state index in [9.17, 15) is 14.4 Å². The lowest BCUT2D eigenvalue weighted by atomic mass is 9.98. The molecule has 3 amide bonds. The lowest BCUT2D eigenvalue weighted by Gasteiger charge is -2.35. The number of hydrogen-bond acceptors (Lipinski definition) is 18. The molecule has 6 aliphatic heterocycles. The van der Waals surface area contributed by atoms with Gasteiger partial charge in [-0.3, -0.25) is 23.5 Å². The zero-order valence-corrected chi connectivity index (χ0v) is 60.1. The summed E-state index contributed by atoms with van der Waals surface area (Å²) in [6.45, 7) is 21.4. The van der Waals surface area contributed by atoms with Gasteiger partial charge in [0.15, 0.2) is 16.9 Å². The molecule has 0 saturated carbocycles. The van der Waals surface area contributed by atoms with Crippen LogP contribution in [0.15, 0.2) is 117 Å². The molecule has 17 rings (SSSR count). The molecule has 16 heterocycles. The quantitative estimate of drug-likeness (QED) is 0.117. The Labute approximate surface area is 601 Å². The van der Waals surface area contributed by atoms with Crippen molar-refractivity contribution in [2.45, 2.75) is 137 Å². The van der Waals surface area contributed by atoms with Crippen molar-refractivity contribution in [1.82, 2.24) is 98.0 Å². The molecule has 28 heteroatoms. The number of rotatable bonds is 11. The van der Waals surface area contributed by atoms with Crippen LogP contribution in [0.3, 0.4) is 0 Å².